The zero-order chi connectivity index (χ0) is 9.14. The van der Waals surface area contributed by atoms with Gasteiger partial charge in [-0.1, -0.05) is 0 Å². The molecule has 0 aliphatic carbocycles. The number of hydrogen-bond donors (Lipinski definition) is 2. The number of nitrogens with zero attached hydrogens (tertiary/aromatic N) is 2. The molecule has 0 aliphatic rings. The molecule has 0 atom stereocenters. The van der Waals surface area contributed by atoms with E-state index >= 15 is 0 Å². The first-order chi connectivity index (χ1) is 5.59. The van der Waals surface area contributed by atoms with Crippen LogP contribution in [0.3, 0.4) is 0 Å². The van der Waals surface area contributed by atoms with Crippen LogP contribution in [0.1, 0.15) is 5.82 Å². The summed E-state index contributed by atoms with van der Waals surface area (Å²) in [6.07, 6.45) is -3.05. The van der Waals surface area contributed by atoms with Gasteiger partial charge in [-0.05, 0) is 6.92 Å². The number of carbonyl (C=O) groups is 1. The van der Waals surface area contributed by atoms with E-state index in [1.54, 1.807) is 6.92 Å². The Morgan fingerprint density at radius 2 is 2.33 bits per heavy atom. The van der Waals surface area contributed by atoms with Crippen LogP contribution in [0.2, 0.25) is 0 Å². The van der Waals surface area contributed by atoms with Crippen molar-refractivity contribution in [1.82, 2.24) is 15.2 Å². The third kappa shape index (κ3) is 1.97. The molecule has 12 heavy (non-hydrogen) atoms. The van der Waals surface area contributed by atoms with Crippen molar-refractivity contribution in [3.8, 4) is 0 Å². The standard InChI is InChI=1S/C5H6F2N4O/c1-2-8-5(11-10-2)9-4(12)3(6)7/h3H,1H3,(H2,8,9,10,11,12). The molecule has 0 aromatic carbocycles. The normalized spacial score (nSPS) is 10.3. The van der Waals surface area contributed by atoms with Crippen molar-refractivity contribution in [1.29, 1.82) is 0 Å². The molecular weight excluding hydrogens is 170 g/mol. The Balaban J connectivity index is 2.58. The first-order valence-electron chi connectivity index (χ1n) is 3.07. The molecule has 2 N–H and O–H groups in total. The van der Waals surface area contributed by atoms with Gasteiger partial charge in [0.25, 0.3) is 5.91 Å². The Bertz CT molecular complexity index is 285. The molecule has 0 spiro atoms. The number of rotatable bonds is 2. The van der Waals surface area contributed by atoms with Gasteiger partial charge in [-0.25, -0.2) is 0 Å². The van der Waals surface area contributed by atoms with Crippen molar-refractivity contribution in [2.24, 2.45) is 0 Å². The summed E-state index contributed by atoms with van der Waals surface area (Å²) in [5.74, 6) is -1.11. The molecule has 0 saturated heterocycles. The average molecular weight is 176 g/mol. The van der Waals surface area contributed by atoms with Crippen LogP contribution in [0.25, 0.3) is 0 Å². The second kappa shape index (κ2) is 3.24. The van der Waals surface area contributed by atoms with Gasteiger partial charge >= 0.3 is 6.43 Å². The molecule has 1 rings (SSSR count). The summed E-state index contributed by atoms with van der Waals surface area (Å²) in [5, 5.41) is 7.65. The lowest BCUT2D eigenvalue weighted by Gasteiger charge is -1.96. The minimum absolute atomic E-state index is 0.141. The van der Waals surface area contributed by atoms with Gasteiger partial charge in [-0.15, -0.1) is 5.10 Å². The van der Waals surface area contributed by atoms with Crippen molar-refractivity contribution in [3.63, 3.8) is 0 Å². The van der Waals surface area contributed by atoms with E-state index in [1.807, 2.05) is 5.32 Å². The average Bonchev–Trinajstić information content (AvgIpc) is 2.35. The Morgan fingerprint density at radius 3 is 2.75 bits per heavy atom. The molecule has 66 valence electrons. The molecule has 0 aliphatic heterocycles. The Labute approximate surface area is 66.2 Å². The Hall–Kier alpha value is -1.53. The van der Waals surface area contributed by atoms with Crippen LogP contribution >= 0.6 is 0 Å². The van der Waals surface area contributed by atoms with Gasteiger partial charge in [0.05, 0.1) is 0 Å². The highest BCUT2D eigenvalue weighted by Crippen LogP contribution is 2.00. The van der Waals surface area contributed by atoms with Gasteiger partial charge in [0.1, 0.15) is 5.82 Å². The predicted molar refractivity (Wildman–Crippen MR) is 35.8 cm³/mol. The molecule has 0 fully saturated rings. The molecule has 1 aromatic heterocycles. The number of H-pyrrole nitrogens is 1. The van der Waals surface area contributed by atoms with Crippen LogP contribution < -0.4 is 5.32 Å². The highest BCUT2D eigenvalue weighted by molar-refractivity contribution is 5.91. The molecule has 1 amide bonds. The number of nitrogens with one attached hydrogen (secondary N) is 2. The van der Waals surface area contributed by atoms with E-state index in [2.05, 4.69) is 15.2 Å². The quantitative estimate of drug-likeness (QED) is 0.681. The van der Waals surface area contributed by atoms with E-state index in [-0.39, 0.29) is 5.95 Å². The van der Waals surface area contributed by atoms with Gasteiger partial charge in [0.15, 0.2) is 0 Å². The maximum atomic E-state index is 11.6. The van der Waals surface area contributed by atoms with E-state index in [0.29, 0.717) is 5.82 Å². The lowest BCUT2D eigenvalue weighted by Crippen LogP contribution is -2.20. The van der Waals surface area contributed by atoms with E-state index in [1.165, 1.54) is 0 Å². The highest BCUT2D eigenvalue weighted by atomic mass is 19.3. The summed E-state index contributed by atoms with van der Waals surface area (Å²) in [4.78, 5) is 14.0. The number of hydrogen-bond acceptors (Lipinski definition) is 3. The zero-order valence-corrected chi connectivity index (χ0v) is 6.14. The number of alkyl halides is 2. The van der Waals surface area contributed by atoms with Crippen molar-refractivity contribution in [3.05, 3.63) is 5.82 Å². The molecule has 0 radical (unpaired) electrons. The maximum absolute atomic E-state index is 11.6. The van der Waals surface area contributed by atoms with Crippen molar-refractivity contribution >= 4 is 11.9 Å². The van der Waals surface area contributed by atoms with Crippen LogP contribution in [0.4, 0.5) is 14.7 Å². The fraction of sp³-hybridized carbons (Fsp3) is 0.400. The minimum atomic E-state index is -3.05. The van der Waals surface area contributed by atoms with Gasteiger partial charge < -0.3 is 0 Å². The monoisotopic (exact) mass is 176 g/mol. The van der Waals surface area contributed by atoms with Crippen LogP contribution in [-0.2, 0) is 4.79 Å². The van der Waals surface area contributed by atoms with Crippen LogP contribution in [0.5, 0.6) is 0 Å². The van der Waals surface area contributed by atoms with Crippen LogP contribution in [0, 0.1) is 6.92 Å². The van der Waals surface area contributed by atoms with E-state index in [0.717, 1.165) is 0 Å². The fourth-order valence-electron chi connectivity index (χ4n) is 0.563. The van der Waals surface area contributed by atoms with E-state index < -0.39 is 12.3 Å². The number of aromatic amines is 1. The topological polar surface area (TPSA) is 70.7 Å². The van der Waals surface area contributed by atoms with Crippen molar-refractivity contribution < 1.29 is 13.6 Å². The Kier molecular flexibility index (Phi) is 2.32. The molecule has 7 heteroatoms. The summed E-state index contributed by atoms with van der Waals surface area (Å²) in [6.45, 7) is 1.59. The number of amides is 1. The van der Waals surface area contributed by atoms with Gasteiger partial charge in [-0.3, -0.25) is 15.2 Å². The fourth-order valence-corrected chi connectivity index (χ4v) is 0.563. The number of carbonyl (C=O) groups excluding carboxylic acids is 1. The van der Waals surface area contributed by atoms with Crippen LogP contribution in [0.15, 0.2) is 0 Å². The van der Waals surface area contributed by atoms with Crippen LogP contribution in [-0.4, -0.2) is 27.5 Å². The lowest BCUT2D eigenvalue weighted by molar-refractivity contribution is -0.126. The summed E-state index contributed by atoms with van der Waals surface area (Å²) in [6, 6.07) is 0. The largest absolute Gasteiger partial charge is 0.315 e. The summed E-state index contributed by atoms with van der Waals surface area (Å²) in [5.41, 5.74) is 0. The molecule has 5 nitrogen and oxygen atoms in total. The summed E-state index contributed by atoms with van der Waals surface area (Å²) >= 11 is 0. The van der Waals surface area contributed by atoms with Gasteiger partial charge in [0.2, 0.25) is 5.95 Å². The molecule has 0 unspecified atom stereocenters. The SMILES string of the molecule is Cc1nc(NC(=O)C(F)F)n[nH]1. The molecule has 1 heterocycles. The number of aryl methyl sites for hydroxylation is 1. The van der Waals surface area contributed by atoms with E-state index in [4.69, 9.17) is 0 Å². The first-order valence-corrected chi connectivity index (χ1v) is 3.07. The Morgan fingerprint density at radius 1 is 1.67 bits per heavy atom. The zero-order valence-electron chi connectivity index (χ0n) is 6.14. The number of anilines is 1. The molecule has 0 saturated carbocycles. The second-order valence-electron chi connectivity index (χ2n) is 2.03. The number of aromatic nitrogens is 3. The third-order valence-electron chi connectivity index (χ3n) is 1.03. The number of halogens is 2. The highest BCUT2D eigenvalue weighted by Gasteiger charge is 2.16. The summed E-state index contributed by atoms with van der Waals surface area (Å²) < 4.78 is 23.3. The van der Waals surface area contributed by atoms with E-state index in [9.17, 15) is 13.6 Å². The van der Waals surface area contributed by atoms with Gasteiger partial charge in [0, 0.05) is 0 Å². The lowest BCUT2D eigenvalue weighted by atomic mass is 10.6. The third-order valence-corrected chi connectivity index (χ3v) is 1.03. The predicted octanol–water partition coefficient (Wildman–Crippen LogP) is 0.317. The van der Waals surface area contributed by atoms with Crippen molar-refractivity contribution in [2.45, 2.75) is 13.3 Å². The minimum Gasteiger partial charge on any atom is -0.288 e. The van der Waals surface area contributed by atoms with Gasteiger partial charge in [-0.2, -0.15) is 13.8 Å². The summed E-state index contributed by atoms with van der Waals surface area (Å²) in [7, 11) is 0. The first kappa shape index (κ1) is 8.57. The molecular formula is C5H6F2N4O. The second-order valence-corrected chi connectivity index (χ2v) is 2.03. The van der Waals surface area contributed by atoms with Crippen molar-refractivity contribution in [2.75, 3.05) is 5.32 Å². The maximum Gasteiger partial charge on any atom is 0.315 e. The molecule has 1 aromatic rings. The smallest absolute Gasteiger partial charge is 0.288 e. The molecule has 0 bridgehead atoms.